The summed E-state index contributed by atoms with van der Waals surface area (Å²) >= 11 is 6.00. The quantitative estimate of drug-likeness (QED) is 0.736. The van der Waals surface area contributed by atoms with Gasteiger partial charge in [-0.15, -0.1) is 0 Å². The number of allylic oxidation sites excluding steroid dienone is 1. The molecular weight excluding hydrogens is 316 g/mol. The number of hydrogen-bond acceptors (Lipinski definition) is 4. The molecule has 0 N–H and O–H groups in total. The fraction of sp³-hybridized carbons (Fsp3) is 0.278. The molecule has 0 radical (unpaired) electrons. The molecule has 0 spiro atoms. The van der Waals surface area contributed by atoms with Crippen molar-refractivity contribution in [3.05, 3.63) is 63.2 Å². The van der Waals surface area contributed by atoms with Crippen LogP contribution in [0.2, 0.25) is 5.02 Å². The molecule has 3 atom stereocenters. The van der Waals surface area contributed by atoms with Crippen LogP contribution in [-0.2, 0) is 4.74 Å². The molecule has 0 unspecified atom stereocenters. The van der Waals surface area contributed by atoms with Gasteiger partial charge in [0.15, 0.2) is 18.0 Å². The first-order chi connectivity index (χ1) is 11.0. The molecule has 118 valence electrons. The Kier molecular flexibility index (Phi) is 3.23. The molecule has 4 nitrogen and oxygen atoms in total. The van der Waals surface area contributed by atoms with Gasteiger partial charge in [0.1, 0.15) is 5.58 Å². The van der Waals surface area contributed by atoms with Crippen molar-refractivity contribution in [1.82, 2.24) is 0 Å². The first-order valence-corrected chi connectivity index (χ1v) is 7.82. The Labute approximate surface area is 138 Å². The second kappa shape index (κ2) is 5.17. The van der Waals surface area contributed by atoms with E-state index in [4.69, 9.17) is 25.5 Å². The van der Waals surface area contributed by atoms with Gasteiger partial charge in [-0.25, -0.2) is 0 Å². The molecule has 5 heteroatoms. The lowest BCUT2D eigenvalue weighted by molar-refractivity contribution is 0.0323. The van der Waals surface area contributed by atoms with Crippen molar-refractivity contribution in [2.24, 2.45) is 0 Å². The fourth-order valence-corrected chi connectivity index (χ4v) is 3.26. The highest BCUT2D eigenvalue weighted by atomic mass is 35.5. The van der Waals surface area contributed by atoms with Crippen molar-refractivity contribution in [1.29, 1.82) is 0 Å². The van der Waals surface area contributed by atoms with Gasteiger partial charge < -0.3 is 13.9 Å². The van der Waals surface area contributed by atoms with Gasteiger partial charge in [-0.05, 0) is 44.2 Å². The lowest BCUT2D eigenvalue weighted by atomic mass is 9.91. The number of hydrogen-bond donors (Lipinski definition) is 0. The van der Waals surface area contributed by atoms with Crippen LogP contribution in [0.25, 0.3) is 11.0 Å². The molecule has 0 saturated heterocycles. The molecule has 2 aliphatic heterocycles. The van der Waals surface area contributed by atoms with E-state index in [0.717, 1.165) is 5.57 Å². The van der Waals surface area contributed by atoms with E-state index in [2.05, 4.69) is 0 Å². The molecule has 0 aliphatic carbocycles. The maximum atomic E-state index is 12.8. The van der Waals surface area contributed by atoms with Crippen molar-refractivity contribution >= 4 is 22.6 Å². The number of halogens is 1. The maximum absolute atomic E-state index is 12.8. The molecule has 1 aromatic heterocycles. The highest BCUT2D eigenvalue weighted by Gasteiger charge is 2.43. The van der Waals surface area contributed by atoms with Crippen LogP contribution >= 0.6 is 11.6 Å². The van der Waals surface area contributed by atoms with Crippen molar-refractivity contribution in [2.75, 3.05) is 0 Å². The molecule has 0 saturated carbocycles. The normalized spacial score (nSPS) is 24.6. The Bertz CT molecular complexity index is 905. The minimum Gasteiger partial charge on any atom is -0.493 e. The zero-order valence-electron chi connectivity index (χ0n) is 12.7. The minimum atomic E-state index is -0.327. The summed E-state index contributed by atoms with van der Waals surface area (Å²) in [6.07, 6.45) is 4.97. The second-order valence-corrected chi connectivity index (χ2v) is 6.48. The van der Waals surface area contributed by atoms with Crippen molar-refractivity contribution in [3.8, 4) is 5.75 Å². The van der Waals surface area contributed by atoms with E-state index in [1.807, 2.05) is 26.0 Å². The Morgan fingerprint density at radius 3 is 2.91 bits per heavy atom. The predicted molar refractivity (Wildman–Crippen MR) is 88.1 cm³/mol. The lowest BCUT2D eigenvalue weighted by Crippen LogP contribution is -2.40. The van der Waals surface area contributed by atoms with Crippen LogP contribution in [0.4, 0.5) is 0 Å². The summed E-state index contributed by atoms with van der Waals surface area (Å²) in [7, 11) is 0. The number of rotatable bonds is 1. The third kappa shape index (κ3) is 2.25. The van der Waals surface area contributed by atoms with E-state index in [9.17, 15) is 4.79 Å². The SMILES string of the molecule is CC(C)=C[C@H]1Oc2c(oc3ccc(Cl)cc3c2=O)[C@@H]2C=CO[C@H]12. The zero-order chi connectivity index (χ0) is 16.1. The van der Waals surface area contributed by atoms with Gasteiger partial charge in [-0.2, -0.15) is 0 Å². The number of benzene rings is 1. The van der Waals surface area contributed by atoms with E-state index >= 15 is 0 Å². The van der Waals surface area contributed by atoms with Crippen LogP contribution in [0, 0.1) is 0 Å². The molecule has 0 fully saturated rings. The molecule has 0 amide bonds. The Balaban J connectivity index is 1.95. The summed E-state index contributed by atoms with van der Waals surface area (Å²) in [5, 5.41) is 0.914. The van der Waals surface area contributed by atoms with Crippen LogP contribution in [0.3, 0.4) is 0 Å². The molecule has 2 aromatic rings. The van der Waals surface area contributed by atoms with E-state index in [-0.39, 0.29) is 29.3 Å². The van der Waals surface area contributed by atoms with E-state index in [0.29, 0.717) is 21.8 Å². The van der Waals surface area contributed by atoms with Crippen LogP contribution in [0.5, 0.6) is 5.75 Å². The topological polar surface area (TPSA) is 48.7 Å². The van der Waals surface area contributed by atoms with Crippen molar-refractivity contribution in [2.45, 2.75) is 32.0 Å². The van der Waals surface area contributed by atoms with Gasteiger partial charge in [0.2, 0.25) is 11.2 Å². The van der Waals surface area contributed by atoms with Gasteiger partial charge in [0.05, 0.1) is 17.6 Å². The van der Waals surface area contributed by atoms with Gasteiger partial charge in [-0.3, -0.25) is 4.79 Å². The molecular formula is C18H15ClO4. The molecule has 4 rings (SSSR count). The van der Waals surface area contributed by atoms with E-state index < -0.39 is 0 Å². The maximum Gasteiger partial charge on any atom is 0.234 e. The third-order valence-corrected chi connectivity index (χ3v) is 4.32. The van der Waals surface area contributed by atoms with Crippen molar-refractivity contribution in [3.63, 3.8) is 0 Å². The predicted octanol–water partition coefficient (Wildman–Crippen LogP) is 4.17. The molecule has 1 aromatic carbocycles. The average Bonchev–Trinajstić information content (AvgIpc) is 2.99. The zero-order valence-corrected chi connectivity index (χ0v) is 13.5. The van der Waals surface area contributed by atoms with Gasteiger partial charge in [0, 0.05) is 5.02 Å². The Hall–Kier alpha value is -2.20. The molecule has 2 aliphatic rings. The first kappa shape index (κ1) is 14.4. The lowest BCUT2D eigenvalue weighted by Gasteiger charge is -2.32. The van der Waals surface area contributed by atoms with Crippen molar-refractivity contribution < 1.29 is 13.9 Å². The summed E-state index contributed by atoms with van der Waals surface area (Å²) in [5.74, 6) is 0.632. The molecule has 3 heterocycles. The third-order valence-electron chi connectivity index (χ3n) is 4.09. The number of fused-ring (bicyclic) bond motifs is 4. The molecule has 0 bridgehead atoms. The highest BCUT2D eigenvalue weighted by molar-refractivity contribution is 6.31. The van der Waals surface area contributed by atoms with E-state index in [1.165, 1.54) is 0 Å². The van der Waals surface area contributed by atoms with E-state index in [1.54, 1.807) is 24.5 Å². The smallest absolute Gasteiger partial charge is 0.234 e. The summed E-state index contributed by atoms with van der Waals surface area (Å²) in [6, 6.07) is 5.01. The molecule has 23 heavy (non-hydrogen) atoms. The summed E-state index contributed by atoms with van der Waals surface area (Å²) < 4.78 is 17.6. The highest BCUT2D eigenvalue weighted by Crippen LogP contribution is 2.42. The van der Waals surface area contributed by atoms with Crippen LogP contribution in [-0.4, -0.2) is 12.2 Å². The Morgan fingerprint density at radius 1 is 1.30 bits per heavy atom. The average molecular weight is 331 g/mol. The standard InChI is InChI=1S/C18H15ClO4/c1-9(2)7-14-16-11(5-6-21-16)17-18(23-14)15(20)12-8-10(19)3-4-13(12)22-17/h3-8,11,14,16H,1-2H3/t11-,14-,16+/m1/s1. The van der Waals surface area contributed by atoms with Gasteiger partial charge in [0.25, 0.3) is 0 Å². The van der Waals surface area contributed by atoms with Crippen LogP contribution < -0.4 is 10.2 Å². The van der Waals surface area contributed by atoms with Crippen LogP contribution in [0.15, 0.2) is 51.4 Å². The van der Waals surface area contributed by atoms with Crippen LogP contribution in [0.1, 0.15) is 25.5 Å². The monoisotopic (exact) mass is 330 g/mol. The minimum absolute atomic E-state index is 0.132. The largest absolute Gasteiger partial charge is 0.493 e. The van der Waals surface area contributed by atoms with Gasteiger partial charge in [-0.1, -0.05) is 17.2 Å². The summed E-state index contributed by atoms with van der Waals surface area (Å²) in [5.41, 5.74) is 1.40. The number of ether oxygens (including phenoxy) is 2. The van der Waals surface area contributed by atoms with Gasteiger partial charge >= 0.3 is 0 Å². The second-order valence-electron chi connectivity index (χ2n) is 6.05. The summed E-state index contributed by atoms with van der Waals surface area (Å²) in [4.78, 5) is 12.8. The fourth-order valence-electron chi connectivity index (χ4n) is 3.09. The Morgan fingerprint density at radius 2 is 2.13 bits per heavy atom. The summed E-state index contributed by atoms with van der Waals surface area (Å²) in [6.45, 7) is 3.97. The first-order valence-electron chi connectivity index (χ1n) is 7.44.